The standard InChI is InChI=1S/C13H23ClN2O3/c1-10-9-15(12(18)19-13(2,3)4)6-5-7-16(10)11(17)8-14/h10H,5-9H2,1-4H3/t10-/m0/s1. The molecule has 19 heavy (non-hydrogen) atoms. The van der Waals surface area contributed by atoms with Gasteiger partial charge in [-0.15, -0.1) is 11.6 Å². The Kier molecular flexibility index (Phi) is 5.47. The predicted octanol–water partition coefficient (Wildman–Crippen LogP) is 2.08. The average Bonchev–Trinajstić information content (AvgIpc) is 2.48. The van der Waals surface area contributed by atoms with Crippen LogP contribution in [-0.4, -0.2) is 59.0 Å². The molecule has 1 aliphatic rings. The molecule has 0 spiro atoms. The highest BCUT2D eigenvalue weighted by molar-refractivity contribution is 6.27. The lowest BCUT2D eigenvalue weighted by molar-refractivity contribution is -0.130. The summed E-state index contributed by atoms with van der Waals surface area (Å²) in [5, 5.41) is 0. The third-order valence-electron chi connectivity index (χ3n) is 2.93. The third-order valence-corrected chi connectivity index (χ3v) is 3.16. The van der Waals surface area contributed by atoms with E-state index in [1.165, 1.54) is 0 Å². The van der Waals surface area contributed by atoms with Crippen molar-refractivity contribution in [1.82, 2.24) is 9.80 Å². The van der Waals surface area contributed by atoms with Gasteiger partial charge in [-0.25, -0.2) is 4.79 Å². The van der Waals surface area contributed by atoms with Crippen molar-refractivity contribution in [3.05, 3.63) is 0 Å². The fraction of sp³-hybridized carbons (Fsp3) is 0.846. The zero-order valence-corrected chi connectivity index (χ0v) is 12.9. The Balaban J connectivity index is 2.65. The number of hydrogen-bond donors (Lipinski definition) is 0. The van der Waals surface area contributed by atoms with Gasteiger partial charge in [-0.2, -0.15) is 0 Å². The van der Waals surface area contributed by atoms with Crippen LogP contribution in [0.25, 0.3) is 0 Å². The lowest BCUT2D eigenvalue weighted by atomic mass is 10.2. The van der Waals surface area contributed by atoms with E-state index in [9.17, 15) is 9.59 Å². The molecule has 5 nitrogen and oxygen atoms in total. The minimum absolute atomic E-state index is 0.0171. The average molecular weight is 291 g/mol. The maximum absolute atomic E-state index is 12.0. The second kappa shape index (κ2) is 6.46. The number of rotatable bonds is 1. The molecule has 1 saturated heterocycles. The summed E-state index contributed by atoms with van der Waals surface area (Å²) in [5.74, 6) is -0.100. The number of hydrogen-bond acceptors (Lipinski definition) is 3. The van der Waals surface area contributed by atoms with Gasteiger partial charge in [0.15, 0.2) is 0 Å². The van der Waals surface area contributed by atoms with Crippen LogP contribution in [0.4, 0.5) is 4.79 Å². The molecule has 1 fully saturated rings. The van der Waals surface area contributed by atoms with E-state index >= 15 is 0 Å². The lowest BCUT2D eigenvalue weighted by Gasteiger charge is -2.30. The Morgan fingerprint density at radius 3 is 2.47 bits per heavy atom. The maximum Gasteiger partial charge on any atom is 0.410 e. The number of halogens is 1. The first-order chi connectivity index (χ1) is 8.74. The van der Waals surface area contributed by atoms with Gasteiger partial charge in [0.25, 0.3) is 0 Å². The minimum Gasteiger partial charge on any atom is -0.444 e. The fourth-order valence-corrected chi connectivity index (χ4v) is 2.25. The molecular formula is C13H23ClN2O3. The molecule has 110 valence electrons. The van der Waals surface area contributed by atoms with Gasteiger partial charge in [-0.1, -0.05) is 0 Å². The molecule has 1 heterocycles. The molecule has 0 aromatic carbocycles. The fourth-order valence-electron chi connectivity index (χ4n) is 2.10. The Morgan fingerprint density at radius 2 is 1.95 bits per heavy atom. The first-order valence-electron chi connectivity index (χ1n) is 6.58. The molecule has 6 heteroatoms. The molecular weight excluding hydrogens is 268 g/mol. The molecule has 0 aliphatic carbocycles. The van der Waals surface area contributed by atoms with Gasteiger partial charge in [-0.05, 0) is 34.1 Å². The van der Waals surface area contributed by atoms with Crippen molar-refractivity contribution in [2.45, 2.75) is 45.8 Å². The second-order valence-electron chi connectivity index (χ2n) is 5.85. The Hall–Kier alpha value is -0.970. The molecule has 1 atom stereocenters. The summed E-state index contributed by atoms with van der Waals surface area (Å²) < 4.78 is 5.36. The van der Waals surface area contributed by atoms with Gasteiger partial charge in [0.2, 0.25) is 5.91 Å². The van der Waals surface area contributed by atoms with Crippen LogP contribution in [0.15, 0.2) is 0 Å². The minimum atomic E-state index is -0.502. The third kappa shape index (κ3) is 4.90. The number of amides is 2. The quantitative estimate of drug-likeness (QED) is 0.695. The molecule has 0 N–H and O–H groups in total. The first-order valence-corrected chi connectivity index (χ1v) is 7.11. The summed E-state index contributed by atoms with van der Waals surface area (Å²) in [5.41, 5.74) is -0.502. The predicted molar refractivity (Wildman–Crippen MR) is 74.3 cm³/mol. The molecule has 2 amide bonds. The Morgan fingerprint density at radius 1 is 1.32 bits per heavy atom. The van der Waals surface area contributed by atoms with Crippen molar-refractivity contribution >= 4 is 23.6 Å². The van der Waals surface area contributed by atoms with E-state index < -0.39 is 5.60 Å². The van der Waals surface area contributed by atoms with E-state index in [-0.39, 0.29) is 23.9 Å². The van der Waals surface area contributed by atoms with Crippen molar-refractivity contribution in [3.8, 4) is 0 Å². The molecule has 1 aliphatic heterocycles. The van der Waals surface area contributed by atoms with E-state index in [1.807, 2.05) is 27.7 Å². The monoisotopic (exact) mass is 290 g/mol. The zero-order chi connectivity index (χ0) is 14.6. The molecule has 0 aromatic heterocycles. The summed E-state index contributed by atoms with van der Waals surface area (Å²) in [6.45, 7) is 9.17. The zero-order valence-electron chi connectivity index (χ0n) is 12.1. The van der Waals surface area contributed by atoms with Crippen LogP contribution in [0.1, 0.15) is 34.1 Å². The van der Waals surface area contributed by atoms with Crippen molar-refractivity contribution in [3.63, 3.8) is 0 Å². The van der Waals surface area contributed by atoms with Gasteiger partial charge in [-0.3, -0.25) is 4.79 Å². The maximum atomic E-state index is 12.0. The summed E-state index contributed by atoms with van der Waals surface area (Å²) in [4.78, 5) is 27.1. The van der Waals surface area contributed by atoms with Crippen LogP contribution in [-0.2, 0) is 9.53 Å². The first kappa shape index (κ1) is 16.1. The number of nitrogens with zero attached hydrogens (tertiary/aromatic N) is 2. The van der Waals surface area contributed by atoms with Gasteiger partial charge in [0.05, 0.1) is 0 Å². The van der Waals surface area contributed by atoms with E-state index in [4.69, 9.17) is 16.3 Å². The van der Waals surface area contributed by atoms with Gasteiger partial charge < -0.3 is 14.5 Å². The van der Waals surface area contributed by atoms with E-state index in [0.717, 1.165) is 6.42 Å². The largest absolute Gasteiger partial charge is 0.444 e. The Labute approximate surface area is 119 Å². The van der Waals surface area contributed by atoms with Crippen LogP contribution in [0.3, 0.4) is 0 Å². The van der Waals surface area contributed by atoms with Crippen LogP contribution in [0, 0.1) is 0 Å². The van der Waals surface area contributed by atoms with Crippen LogP contribution in [0.5, 0.6) is 0 Å². The highest BCUT2D eigenvalue weighted by Gasteiger charge is 2.29. The number of alkyl halides is 1. The Bertz CT molecular complexity index is 341. The molecule has 0 aromatic rings. The molecule has 1 rings (SSSR count). The second-order valence-corrected chi connectivity index (χ2v) is 6.12. The highest BCUT2D eigenvalue weighted by atomic mass is 35.5. The van der Waals surface area contributed by atoms with Gasteiger partial charge in [0, 0.05) is 25.7 Å². The van der Waals surface area contributed by atoms with Crippen molar-refractivity contribution in [1.29, 1.82) is 0 Å². The lowest BCUT2D eigenvalue weighted by Crippen LogP contribution is -2.45. The highest BCUT2D eigenvalue weighted by Crippen LogP contribution is 2.15. The van der Waals surface area contributed by atoms with E-state index in [1.54, 1.807) is 9.80 Å². The van der Waals surface area contributed by atoms with Gasteiger partial charge >= 0.3 is 6.09 Å². The molecule has 0 radical (unpaired) electrons. The molecule has 0 bridgehead atoms. The van der Waals surface area contributed by atoms with Crippen molar-refractivity contribution in [2.75, 3.05) is 25.5 Å². The summed E-state index contributed by atoms with van der Waals surface area (Å²) >= 11 is 5.59. The topological polar surface area (TPSA) is 49.9 Å². The normalized spacial score (nSPS) is 21.0. The number of carbonyl (C=O) groups excluding carboxylic acids is 2. The molecule has 0 unspecified atom stereocenters. The van der Waals surface area contributed by atoms with Crippen LogP contribution in [0.2, 0.25) is 0 Å². The summed E-state index contributed by atoms with van der Waals surface area (Å²) in [6.07, 6.45) is 0.422. The number of carbonyl (C=O) groups is 2. The number of ether oxygens (including phenoxy) is 1. The molecule has 0 saturated carbocycles. The smallest absolute Gasteiger partial charge is 0.410 e. The SMILES string of the molecule is C[C@H]1CN(C(=O)OC(C)(C)C)CCCN1C(=O)CCl. The van der Waals surface area contributed by atoms with Crippen molar-refractivity contribution in [2.24, 2.45) is 0 Å². The van der Waals surface area contributed by atoms with Gasteiger partial charge in [0.1, 0.15) is 11.5 Å². The van der Waals surface area contributed by atoms with Crippen LogP contribution >= 0.6 is 11.6 Å². The van der Waals surface area contributed by atoms with E-state index in [0.29, 0.717) is 19.6 Å². The summed E-state index contributed by atoms with van der Waals surface area (Å²) in [7, 11) is 0. The van der Waals surface area contributed by atoms with Crippen LogP contribution < -0.4 is 0 Å². The summed E-state index contributed by atoms with van der Waals surface area (Å²) in [6, 6.07) is -0.0405. The van der Waals surface area contributed by atoms with E-state index in [2.05, 4.69) is 0 Å². The van der Waals surface area contributed by atoms with Crippen molar-refractivity contribution < 1.29 is 14.3 Å².